The Balaban J connectivity index is 1.59. The van der Waals surface area contributed by atoms with Crippen molar-refractivity contribution in [1.29, 1.82) is 0 Å². The molecule has 5 nitrogen and oxygen atoms in total. The number of aryl methyl sites for hydroxylation is 1. The SMILES string of the molecule is CCCCCCCCc1ccc(OCCCOc2ccc(C[C@H](OC)C(=O)O)cc2)cc1. The number of methoxy groups -OCH3 is 1. The summed E-state index contributed by atoms with van der Waals surface area (Å²) in [5.41, 5.74) is 2.27. The lowest BCUT2D eigenvalue weighted by molar-refractivity contribution is -0.148. The standard InChI is InChI=1S/C27H38O5/c1-3-4-5-6-7-8-10-22-11-15-24(16-12-22)31-19-9-20-32-25-17-13-23(14-18-25)21-26(30-2)27(28)29/h11-18,26H,3-10,19-21H2,1-2H3,(H,28,29)/t26-/m0/s1. The molecule has 0 spiro atoms. The van der Waals surface area contributed by atoms with Gasteiger partial charge in [0.05, 0.1) is 13.2 Å². The highest BCUT2D eigenvalue weighted by Gasteiger charge is 2.16. The molecule has 0 radical (unpaired) electrons. The van der Waals surface area contributed by atoms with Crippen molar-refractivity contribution in [3.63, 3.8) is 0 Å². The maximum Gasteiger partial charge on any atom is 0.333 e. The third kappa shape index (κ3) is 10.2. The molecule has 2 aromatic carbocycles. The number of unbranched alkanes of at least 4 members (excludes halogenated alkanes) is 5. The van der Waals surface area contributed by atoms with E-state index in [2.05, 4.69) is 31.2 Å². The van der Waals surface area contributed by atoms with Crippen LogP contribution in [-0.4, -0.2) is 37.5 Å². The summed E-state index contributed by atoms with van der Waals surface area (Å²) >= 11 is 0. The lowest BCUT2D eigenvalue weighted by Crippen LogP contribution is -2.24. The molecule has 5 heteroatoms. The second-order valence-electron chi connectivity index (χ2n) is 8.12. The minimum atomic E-state index is -0.958. The summed E-state index contributed by atoms with van der Waals surface area (Å²) in [6.45, 7) is 3.41. The first-order chi connectivity index (χ1) is 15.6. The molecular weight excluding hydrogens is 404 g/mol. The topological polar surface area (TPSA) is 65.0 Å². The van der Waals surface area contributed by atoms with Crippen molar-refractivity contribution in [3.8, 4) is 11.5 Å². The molecule has 0 aliphatic carbocycles. The van der Waals surface area contributed by atoms with Crippen molar-refractivity contribution in [2.45, 2.75) is 70.8 Å². The number of aliphatic carboxylic acids is 1. The zero-order valence-electron chi connectivity index (χ0n) is 19.6. The fourth-order valence-electron chi connectivity index (χ4n) is 3.51. The van der Waals surface area contributed by atoms with E-state index in [1.165, 1.54) is 51.2 Å². The van der Waals surface area contributed by atoms with E-state index in [-0.39, 0.29) is 0 Å². The molecule has 176 valence electrons. The summed E-state index contributed by atoms with van der Waals surface area (Å²) in [5, 5.41) is 9.06. The summed E-state index contributed by atoms with van der Waals surface area (Å²) < 4.78 is 16.5. The van der Waals surface area contributed by atoms with Crippen molar-refractivity contribution >= 4 is 5.97 Å². The molecule has 0 fully saturated rings. The van der Waals surface area contributed by atoms with E-state index in [9.17, 15) is 4.79 Å². The van der Waals surface area contributed by atoms with Crippen LogP contribution in [0.4, 0.5) is 0 Å². The second kappa shape index (κ2) is 15.3. The van der Waals surface area contributed by atoms with E-state index in [4.69, 9.17) is 19.3 Å². The lowest BCUT2D eigenvalue weighted by atomic mass is 10.0. The number of carboxylic acids is 1. The van der Waals surface area contributed by atoms with Crippen LogP contribution in [0.25, 0.3) is 0 Å². The van der Waals surface area contributed by atoms with Crippen LogP contribution < -0.4 is 9.47 Å². The van der Waals surface area contributed by atoms with Gasteiger partial charge in [-0.05, 0) is 48.2 Å². The van der Waals surface area contributed by atoms with E-state index >= 15 is 0 Å². The minimum absolute atomic E-state index is 0.331. The Morgan fingerprint density at radius 1 is 0.781 bits per heavy atom. The van der Waals surface area contributed by atoms with Crippen LogP contribution >= 0.6 is 0 Å². The Morgan fingerprint density at radius 2 is 1.31 bits per heavy atom. The summed E-state index contributed by atoms with van der Waals surface area (Å²) in [6.07, 6.45) is 9.36. The Bertz CT molecular complexity index is 755. The number of hydrogen-bond donors (Lipinski definition) is 1. The minimum Gasteiger partial charge on any atom is -0.493 e. The first-order valence-corrected chi connectivity index (χ1v) is 11.8. The van der Waals surface area contributed by atoms with Gasteiger partial charge >= 0.3 is 5.97 Å². The maximum atomic E-state index is 11.0. The normalized spacial score (nSPS) is 11.8. The molecule has 2 aromatic rings. The molecule has 2 rings (SSSR count). The molecule has 0 saturated heterocycles. The van der Waals surface area contributed by atoms with Crippen molar-refractivity contribution in [2.24, 2.45) is 0 Å². The van der Waals surface area contributed by atoms with Crippen molar-refractivity contribution < 1.29 is 24.1 Å². The van der Waals surface area contributed by atoms with Gasteiger partial charge in [0.15, 0.2) is 6.10 Å². The largest absolute Gasteiger partial charge is 0.493 e. The first kappa shape index (κ1) is 25.7. The number of rotatable bonds is 17. The Kier molecular flexibility index (Phi) is 12.3. The Labute approximate surface area is 192 Å². The summed E-state index contributed by atoms with van der Waals surface area (Å²) in [5.74, 6) is 0.699. The van der Waals surface area contributed by atoms with Gasteiger partial charge in [0.1, 0.15) is 11.5 Å². The predicted molar refractivity (Wildman–Crippen MR) is 128 cm³/mol. The fourth-order valence-corrected chi connectivity index (χ4v) is 3.51. The molecule has 0 aliphatic heterocycles. The average molecular weight is 443 g/mol. The van der Waals surface area contributed by atoms with Gasteiger partial charge in [-0.15, -0.1) is 0 Å². The predicted octanol–water partition coefficient (Wildman–Crippen LogP) is 6.08. The van der Waals surface area contributed by atoms with Crippen LogP contribution in [0, 0.1) is 0 Å². The van der Waals surface area contributed by atoms with Crippen LogP contribution in [0.2, 0.25) is 0 Å². The quantitative estimate of drug-likeness (QED) is 0.301. The Morgan fingerprint density at radius 3 is 1.84 bits per heavy atom. The molecule has 0 heterocycles. The second-order valence-corrected chi connectivity index (χ2v) is 8.12. The van der Waals surface area contributed by atoms with Crippen LogP contribution in [-0.2, 0) is 22.4 Å². The van der Waals surface area contributed by atoms with E-state index < -0.39 is 12.1 Å². The molecule has 0 amide bonds. The van der Waals surface area contributed by atoms with Crippen LogP contribution in [0.5, 0.6) is 11.5 Å². The van der Waals surface area contributed by atoms with Crippen LogP contribution in [0.15, 0.2) is 48.5 Å². The highest BCUT2D eigenvalue weighted by atomic mass is 16.5. The van der Waals surface area contributed by atoms with Gasteiger partial charge in [-0.1, -0.05) is 63.3 Å². The van der Waals surface area contributed by atoms with Gasteiger partial charge in [-0.25, -0.2) is 4.79 Å². The van der Waals surface area contributed by atoms with Crippen molar-refractivity contribution in [1.82, 2.24) is 0 Å². The molecule has 0 saturated carbocycles. The van der Waals surface area contributed by atoms with Gasteiger partial charge in [0, 0.05) is 20.0 Å². The highest BCUT2D eigenvalue weighted by molar-refractivity contribution is 5.72. The molecular formula is C27H38O5. The summed E-state index contributed by atoms with van der Waals surface area (Å²) in [7, 11) is 1.41. The van der Waals surface area contributed by atoms with Gasteiger partial charge in [-0.2, -0.15) is 0 Å². The molecule has 1 atom stereocenters. The maximum absolute atomic E-state index is 11.0. The zero-order chi connectivity index (χ0) is 23.0. The first-order valence-electron chi connectivity index (χ1n) is 11.8. The highest BCUT2D eigenvalue weighted by Crippen LogP contribution is 2.17. The number of hydrogen-bond acceptors (Lipinski definition) is 4. The molecule has 0 unspecified atom stereocenters. The van der Waals surface area contributed by atoms with Gasteiger partial charge in [-0.3, -0.25) is 0 Å². The van der Waals surface area contributed by atoms with Gasteiger partial charge in [0.2, 0.25) is 0 Å². The lowest BCUT2D eigenvalue weighted by Gasteiger charge is -2.11. The number of ether oxygens (including phenoxy) is 3. The van der Waals surface area contributed by atoms with Crippen LogP contribution in [0.3, 0.4) is 0 Å². The van der Waals surface area contributed by atoms with E-state index in [0.29, 0.717) is 19.6 Å². The summed E-state index contributed by atoms with van der Waals surface area (Å²) in [6, 6.07) is 15.9. The Hall–Kier alpha value is -2.53. The average Bonchev–Trinajstić information content (AvgIpc) is 2.81. The molecule has 0 bridgehead atoms. The smallest absolute Gasteiger partial charge is 0.333 e. The number of carboxylic acid groups (broad SMARTS) is 1. The van der Waals surface area contributed by atoms with E-state index in [0.717, 1.165) is 29.9 Å². The zero-order valence-corrected chi connectivity index (χ0v) is 19.6. The monoisotopic (exact) mass is 442 g/mol. The van der Waals surface area contributed by atoms with E-state index in [1.807, 2.05) is 24.3 Å². The number of carbonyl (C=O) groups is 1. The van der Waals surface area contributed by atoms with E-state index in [1.54, 1.807) is 0 Å². The van der Waals surface area contributed by atoms with Crippen molar-refractivity contribution in [2.75, 3.05) is 20.3 Å². The fraction of sp³-hybridized carbons (Fsp3) is 0.519. The molecule has 0 aromatic heterocycles. The van der Waals surface area contributed by atoms with Crippen LogP contribution in [0.1, 0.15) is 63.0 Å². The molecule has 32 heavy (non-hydrogen) atoms. The summed E-state index contributed by atoms with van der Waals surface area (Å²) in [4.78, 5) is 11.0. The number of benzene rings is 2. The molecule has 0 aliphatic rings. The molecule has 1 N–H and O–H groups in total. The third-order valence-corrected chi connectivity index (χ3v) is 5.47. The van der Waals surface area contributed by atoms with Gasteiger partial charge < -0.3 is 19.3 Å². The van der Waals surface area contributed by atoms with Crippen molar-refractivity contribution in [3.05, 3.63) is 59.7 Å². The van der Waals surface area contributed by atoms with Gasteiger partial charge in [0.25, 0.3) is 0 Å². The third-order valence-electron chi connectivity index (χ3n) is 5.47.